The molecule has 1 amide bonds. The van der Waals surface area contributed by atoms with Gasteiger partial charge in [-0.05, 0) is 36.5 Å². The number of nitrogens with zero attached hydrogens (tertiary/aromatic N) is 2. The molecule has 6 heteroatoms. The lowest BCUT2D eigenvalue weighted by atomic mass is 9.91. The lowest BCUT2D eigenvalue weighted by Crippen LogP contribution is -2.32. The zero-order valence-electron chi connectivity index (χ0n) is 15.2. The number of aromatic nitrogens is 1. The van der Waals surface area contributed by atoms with Gasteiger partial charge in [0.2, 0.25) is 0 Å². The van der Waals surface area contributed by atoms with Crippen LogP contribution in [0, 0.1) is 5.92 Å². The second-order valence-electron chi connectivity index (χ2n) is 6.77. The van der Waals surface area contributed by atoms with Crippen molar-refractivity contribution in [1.82, 2.24) is 9.88 Å². The summed E-state index contributed by atoms with van der Waals surface area (Å²) < 4.78 is 5.37. The van der Waals surface area contributed by atoms with Gasteiger partial charge in [0.25, 0.3) is 0 Å². The number of hydrogen-bond donors (Lipinski definition) is 1. The number of amides is 1. The zero-order chi connectivity index (χ0) is 19.1. The Hall–Kier alpha value is -2.73. The van der Waals surface area contributed by atoms with E-state index >= 15 is 0 Å². The molecule has 0 aliphatic carbocycles. The summed E-state index contributed by atoms with van der Waals surface area (Å²) in [5.74, 6) is -0.272. The second-order valence-corrected chi connectivity index (χ2v) is 6.77. The first-order valence-corrected chi connectivity index (χ1v) is 9.21. The van der Waals surface area contributed by atoms with Crippen LogP contribution >= 0.6 is 0 Å². The van der Waals surface area contributed by atoms with Crippen LogP contribution in [-0.2, 0) is 11.3 Å². The third kappa shape index (κ3) is 5.37. The number of likely N-dealkylation sites (tertiary alicyclic amines) is 1. The maximum Gasteiger partial charge on any atom is 0.410 e. The SMILES string of the molecule is O=C(CC1CCN(C(=O)OCc2ccccc2)CCC1O)c1ccccn1. The minimum atomic E-state index is -0.621. The number of carbonyl (C=O) groups excluding carboxylic acids is 2. The molecule has 6 nitrogen and oxygen atoms in total. The van der Waals surface area contributed by atoms with Crippen LogP contribution in [-0.4, -0.2) is 46.1 Å². The molecule has 1 aromatic carbocycles. The number of carbonyl (C=O) groups is 2. The van der Waals surface area contributed by atoms with Crippen LogP contribution in [0.1, 0.15) is 35.3 Å². The molecule has 3 rings (SSSR count). The number of pyridine rings is 1. The van der Waals surface area contributed by atoms with Crippen LogP contribution in [0.5, 0.6) is 0 Å². The first kappa shape index (κ1) is 19.0. The highest BCUT2D eigenvalue weighted by molar-refractivity contribution is 5.94. The number of aliphatic hydroxyl groups is 1. The summed E-state index contributed by atoms with van der Waals surface area (Å²) >= 11 is 0. The Bertz CT molecular complexity index is 751. The van der Waals surface area contributed by atoms with E-state index in [1.165, 1.54) is 0 Å². The number of Topliss-reactive ketones (excluding diaryl/α,β-unsaturated/α-hetero) is 1. The molecule has 2 heterocycles. The molecule has 1 aliphatic heterocycles. The minimum absolute atomic E-state index is 0.0836. The highest BCUT2D eigenvalue weighted by atomic mass is 16.6. The molecule has 142 valence electrons. The summed E-state index contributed by atoms with van der Waals surface area (Å²) in [7, 11) is 0. The van der Waals surface area contributed by atoms with Crippen molar-refractivity contribution in [3.05, 3.63) is 66.0 Å². The van der Waals surface area contributed by atoms with Gasteiger partial charge < -0.3 is 14.7 Å². The van der Waals surface area contributed by atoms with Crippen LogP contribution in [0.4, 0.5) is 4.79 Å². The molecule has 1 N–H and O–H groups in total. The lowest BCUT2D eigenvalue weighted by Gasteiger charge is -2.20. The predicted molar refractivity (Wildman–Crippen MR) is 100 cm³/mol. The highest BCUT2D eigenvalue weighted by Crippen LogP contribution is 2.23. The van der Waals surface area contributed by atoms with Crippen molar-refractivity contribution in [1.29, 1.82) is 0 Å². The molecule has 1 fully saturated rings. The summed E-state index contributed by atoms with van der Waals surface area (Å²) in [6, 6.07) is 14.7. The molecule has 0 bridgehead atoms. The normalized spacial score (nSPS) is 20.0. The third-order valence-corrected chi connectivity index (χ3v) is 4.87. The van der Waals surface area contributed by atoms with E-state index in [0.717, 1.165) is 5.56 Å². The maximum absolute atomic E-state index is 12.4. The van der Waals surface area contributed by atoms with Gasteiger partial charge in [-0.15, -0.1) is 0 Å². The van der Waals surface area contributed by atoms with Gasteiger partial charge in [0.1, 0.15) is 12.3 Å². The Morgan fingerprint density at radius 2 is 1.81 bits per heavy atom. The molecule has 27 heavy (non-hydrogen) atoms. The number of benzene rings is 1. The van der Waals surface area contributed by atoms with Crippen LogP contribution in [0.25, 0.3) is 0 Å². The van der Waals surface area contributed by atoms with Gasteiger partial charge in [0, 0.05) is 25.7 Å². The number of ether oxygens (including phenoxy) is 1. The predicted octanol–water partition coefficient (Wildman–Crippen LogP) is 3.06. The maximum atomic E-state index is 12.4. The second kappa shape index (κ2) is 9.28. The minimum Gasteiger partial charge on any atom is -0.445 e. The van der Waals surface area contributed by atoms with Gasteiger partial charge in [0.05, 0.1) is 6.10 Å². The van der Waals surface area contributed by atoms with Gasteiger partial charge in [-0.3, -0.25) is 9.78 Å². The standard InChI is InChI=1S/C21H24N2O4/c24-19-10-13-23(21(26)27-15-16-6-2-1-3-7-16)12-9-17(19)14-20(25)18-8-4-5-11-22-18/h1-8,11,17,19,24H,9-10,12-15H2. The smallest absolute Gasteiger partial charge is 0.410 e. The Labute approximate surface area is 158 Å². The molecule has 2 atom stereocenters. The van der Waals surface area contributed by atoms with Crippen molar-refractivity contribution in [3.8, 4) is 0 Å². The summed E-state index contributed by atoms with van der Waals surface area (Å²) in [5, 5.41) is 10.4. The van der Waals surface area contributed by atoms with E-state index in [1.54, 1.807) is 29.3 Å². The van der Waals surface area contributed by atoms with Crippen molar-refractivity contribution in [3.63, 3.8) is 0 Å². The molecule has 1 saturated heterocycles. The molecule has 0 spiro atoms. The number of aliphatic hydroxyl groups excluding tert-OH is 1. The first-order chi connectivity index (χ1) is 13.1. The molecule has 2 aromatic rings. The highest BCUT2D eigenvalue weighted by Gasteiger charge is 2.29. The molecular weight excluding hydrogens is 344 g/mol. The van der Waals surface area contributed by atoms with E-state index in [-0.39, 0.29) is 30.8 Å². The van der Waals surface area contributed by atoms with Crippen LogP contribution in [0.2, 0.25) is 0 Å². The number of ketones is 1. The van der Waals surface area contributed by atoms with Crippen LogP contribution in [0.15, 0.2) is 54.7 Å². The molecule has 2 unspecified atom stereocenters. The fourth-order valence-electron chi connectivity index (χ4n) is 3.25. The summed E-state index contributed by atoms with van der Waals surface area (Å²) in [6.07, 6.45) is 1.79. The van der Waals surface area contributed by atoms with Gasteiger partial charge in [-0.1, -0.05) is 36.4 Å². The van der Waals surface area contributed by atoms with Crippen molar-refractivity contribution in [2.24, 2.45) is 5.92 Å². The molecule has 1 aliphatic rings. The average molecular weight is 368 g/mol. The van der Waals surface area contributed by atoms with Crippen molar-refractivity contribution in [2.75, 3.05) is 13.1 Å². The fourth-order valence-corrected chi connectivity index (χ4v) is 3.25. The summed E-state index contributed by atoms with van der Waals surface area (Å²) in [4.78, 5) is 30.4. The zero-order valence-corrected chi connectivity index (χ0v) is 15.2. The van der Waals surface area contributed by atoms with Crippen molar-refractivity contribution < 1.29 is 19.4 Å². The third-order valence-electron chi connectivity index (χ3n) is 4.87. The lowest BCUT2D eigenvalue weighted by molar-refractivity contribution is 0.0770. The van der Waals surface area contributed by atoms with E-state index < -0.39 is 6.10 Å². The van der Waals surface area contributed by atoms with Gasteiger partial charge >= 0.3 is 6.09 Å². The van der Waals surface area contributed by atoms with E-state index in [9.17, 15) is 14.7 Å². The number of hydrogen-bond acceptors (Lipinski definition) is 5. The first-order valence-electron chi connectivity index (χ1n) is 9.21. The van der Waals surface area contributed by atoms with Crippen LogP contribution < -0.4 is 0 Å². The Morgan fingerprint density at radius 3 is 2.56 bits per heavy atom. The number of rotatable bonds is 5. The van der Waals surface area contributed by atoms with Gasteiger partial charge in [-0.25, -0.2) is 4.79 Å². The Balaban J connectivity index is 1.52. The van der Waals surface area contributed by atoms with Gasteiger partial charge in [0.15, 0.2) is 5.78 Å². The molecule has 1 aromatic heterocycles. The van der Waals surface area contributed by atoms with E-state index in [0.29, 0.717) is 31.6 Å². The average Bonchev–Trinajstić information content (AvgIpc) is 2.89. The van der Waals surface area contributed by atoms with Crippen molar-refractivity contribution in [2.45, 2.75) is 32.0 Å². The molecule has 0 saturated carbocycles. The summed E-state index contributed by atoms with van der Waals surface area (Å²) in [5.41, 5.74) is 1.34. The molecule has 0 radical (unpaired) electrons. The van der Waals surface area contributed by atoms with Crippen LogP contribution in [0.3, 0.4) is 0 Å². The largest absolute Gasteiger partial charge is 0.445 e. The van der Waals surface area contributed by atoms with E-state index in [1.807, 2.05) is 30.3 Å². The Kier molecular flexibility index (Phi) is 6.54. The van der Waals surface area contributed by atoms with E-state index in [2.05, 4.69) is 4.98 Å². The van der Waals surface area contributed by atoms with Crippen molar-refractivity contribution >= 4 is 11.9 Å². The summed E-state index contributed by atoms with van der Waals surface area (Å²) in [6.45, 7) is 1.11. The monoisotopic (exact) mass is 368 g/mol. The Morgan fingerprint density at radius 1 is 1.07 bits per heavy atom. The fraction of sp³-hybridized carbons (Fsp3) is 0.381. The quantitative estimate of drug-likeness (QED) is 0.821. The molecular formula is C21H24N2O4. The van der Waals surface area contributed by atoms with E-state index in [4.69, 9.17) is 4.74 Å². The topological polar surface area (TPSA) is 79.7 Å². The van der Waals surface area contributed by atoms with Gasteiger partial charge in [-0.2, -0.15) is 0 Å².